The summed E-state index contributed by atoms with van der Waals surface area (Å²) in [4.78, 5) is 0. The molecule has 0 saturated carbocycles. The molecule has 186 valence electrons. The lowest BCUT2D eigenvalue weighted by Gasteiger charge is -2.41. The number of fused-ring (bicyclic) bond motifs is 1. The zero-order chi connectivity index (χ0) is 26.2. The second-order valence-electron chi connectivity index (χ2n) is 9.41. The van der Waals surface area contributed by atoms with Crippen LogP contribution in [0, 0.1) is 0 Å². The number of anilines is 2. The van der Waals surface area contributed by atoms with Crippen LogP contribution in [0.2, 0.25) is 0 Å². The smallest absolute Gasteiger partial charge is 0.113 e. The van der Waals surface area contributed by atoms with Crippen LogP contribution in [0.15, 0.2) is 158 Å². The monoisotopic (exact) mass is 528 g/mol. The molecule has 1 aliphatic rings. The Morgan fingerprint density at radius 3 is 0.868 bits per heavy atom. The molecule has 0 amide bonds. The van der Waals surface area contributed by atoms with Crippen LogP contribution in [-0.2, 0) is 0 Å². The molecule has 5 aromatic carbocycles. The summed E-state index contributed by atoms with van der Waals surface area (Å²) in [5.41, 5.74) is 2.24. The van der Waals surface area contributed by atoms with Crippen molar-refractivity contribution in [3.05, 3.63) is 158 Å². The highest BCUT2D eigenvalue weighted by Gasteiger charge is 2.43. The van der Waals surface area contributed by atoms with Crippen molar-refractivity contribution in [3.63, 3.8) is 0 Å². The van der Waals surface area contributed by atoms with E-state index in [0.717, 1.165) is 17.2 Å². The molecule has 0 atom stereocenters. The molecule has 0 aromatic heterocycles. The molecule has 0 aliphatic carbocycles. The molecule has 1 heterocycles. The second kappa shape index (κ2) is 9.73. The molecule has 2 nitrogen and oxygen atoms in total. The average molecular weight is 529 g/mol. The maximum atomic E-state index is 5.04. The summed E-state index contributed by atoms with van der Waals surface area (Å²) in [5, 5.41) is 4.82. The SMILES string of the molecule is C=C1N(P(=C)(c2ccccc2)c2ccccc2)c2ccccc2N1P(=C)(c1ccccc1)c1ccccc1. The third kappa shape index (κ3) is 3.72. The molecule has 0 radical (unpaired) electrons. The molecule has 5 aromatic rings. The first-order chi connectivity index (χ1) is 18.6. The summed E-state index contributed by atoms with van der Waals surface area (Å²) in [6, 6.07) is 51.3. The predicted octanol–water partition coefficient (Wildman–Crippen LogP) is 6.82. The zero-order valence-corrected chi connectivity index (χ0v) is 23.1. The summed E-state index contributed by atoms with van der Waals surface area (Å²) < 4.78 is 4.83. The van der Waals surface area contributed by atoms with Gasteiger partial charge in [-0.25, -0.2) is 0 Å². The summed E-state index contributed by atoms with van der Waals surface area (Å²) >= 11 is 0. The topological polar surface area (TPSA) is 6.48 Å². The van der Waals surface area contributed by atoms with Crippen molar-refractivity contribution in [2.75, 3.05) is 9.34 Å². The predicted molar refractivity (Wildman–Crippen MR) is 173 cm³/mol. The van der Waals surface area contributed by atoms with Crippen molar-refractivity contribution in [1.82, 2.24) is 0 Å². The molecule has 0 fully saturated rings. The Hall–Kier alpha value is -3.96. The number of nitrogens with zero attached hydrogens (tertiary/aromatic N) is 2. The summed E-state index contributed by atoms with van der Waals surface area (Å²) in [6.45, 7) is 4.79. The standard InChI is InChI=1S/C34H30N2P2/c1-28-35(37(2,29-18-8-4-9-19-29)30-20-10-5-11-21-30)33-26-16-17-27-34(33)36(28)38(3,31-22-12-6-13-23-31)32-24-14-7-15-25-32/h4-27H,1-3H2. The third-order valence-corrected chi connectivity index (χ3v) is 14.1. The average Bonchev–Trinajstić information content (AvgIpc) is 3.30. The van der Waals surface area contributed by atoms with Crippen LogP contribution in [-0.4, -0.2) is 12.6 Å². The van der Waals surface area contributed by atoms with Gasteiger partial charge in [0.05, 0.1) is 11.4 Å². The van der Waals surface area contributed by atoms with E-state index in [1.54, 1.807) is 0 Å². The van der Waals surface area contributed by atoms with Gasteiger partial charge in [0.2, 0.25) is 0 Å². The number of hydrogen-bond donors (Lipinski definition) is 0. The fourth-order valence-electron chi connectivity index (χ4n) is 5.41. The highest BCUT2D eigenvalue weighted by molar-refractivity contribution is 7.90. The Balaban J connectivity index is 1.64. The van der Waals surface area contributed by atoms with Gasteiger partial charge in [0.25, 0.3) is 0 Å². The molecule has 6 rings (SSSR count). The van der Waals surface area contributed by atoms with Crippen LogP contribution in [0.4, 0.5) is 11.4 Å². The van der Waals surface area contributed by atoms with Gasteiger partial charge in [-0.2, -0.15) is 0 Å². The first kappa shape index (κ1) is 24.4. The molecule has 0 spiro atoms. The molecule has 0 bridgehead atoms. The van der Waals surface area contributed by atoms with Crippen LogP contribution in [0.1, 0.15) is 0 Å². The zero-order valence-electron chi connectivity index (χ0n) is 21.3. The molecule has 4 heteroatoms. The first-order valence-corrected chi connectivity index (χ1v) is 16.5. The minimum Gasteiger partial charge on any atom is -0.299 e. The molecule has 38 heavy (non-hydrogen) atoms. The van der Waals surface area contributed by atoms with Crippen molar-refractivity contribution in [2.45, 2.75) is 0 Å². The summed E-state index contributed by atoms with van der Waals surface area (Å²) in [5.74, 6) is 0.915. The number of benzene rings is 5. The number of para-hydroxylation sites is 2. The van der Waals surface area contributed by atoms with Gasteiger partial charge < -0.3 is 0 Å². The first-order valence-electron chi connectivity index (χ1n) is 12.6. The van der Waals surface area contributed by atoms with Gasteiger partial charge in [0.15, 0.2) is 0 Å². The van der Waals surface area contributed by atoms with E-state index in [4.69, 9.17) is 19.2 Å². The van der Waals surface area contributed by atoms with E-state index in [9.17, 15) is 0 Å². The van der Waals surface area contributed by atoms with Crippen molar-refractivity contribution >= 4 is 59.3 Å². The van der Waals surface area contributed by atoms with E-state index in [-0.39, 0.29) is 0 Å². The van der Waals surface area contributed by atoms with E-state index < -0.39 is 14.1 Å². The van der Waals surface area contributed by atoms with Gasteiger partial charge in [-0.15, -0.1) is 0 Å². The summed E-state index contributed by atoms with van der Waals surface area (Å²) in [7, 11) is -4.74. The normalized spacial score (nSPS) is 13.4. The van der Waals surface area contributed by atoms with E-state index >= 15 is 0 Å². The van der Waals surface area contributed by atoms with Gasteiger partial charge in [-0.05, 0) is 33.4 Å². The van der Waals surface area contributed by atoms with Crippen LogP contribution in [0.5, 0.6) is 0 Å². The van der Waals surface area contributed by atoms with Crippen molar-refractivity contribution in [1.29, 1.82) is 0 Å². The van der Waals surface area contributed by atoms with Crippen molar-refractivity contribution in [3.8, 4) is 0 Å². The summed E-state index contributed by atoms with van der Waals surface area (Å²) in [6.07, 6.45) is 10.1. The van der Waals surface area contributed by atoms with Crippen molar-refractivity contribution in [2.24, 2.45) is 0 Å². The Morgan fingerprint density at radius 2 is 0.605 bits per heavy atom. The lowest BCUT2D eigenvalue weighted by atomic mass is 10.3. The van der Waals surface area contributed by atoms with Gasteiger partial charge in [-0.1, -0.05) is 153 Å². The van der Waals surface area contributed by atoms with Crippen LogP contribution in [0.25, 0.3) is 0 Å². The molecule has 1 aliphatic heterocycles. The molecule has 0 unspecified atom stereocenters. The Kier molecular flexibility index (Phi) is 6.24. The van der Waals surface area contributed by atoms with Crippen LogP contribution in [0.3, 0.4) is 0 Å². The molecule has 0 N–H and O–H groups in total. The fourth-order valence-corrected chi connectivity index (χ4v) is 11.7. The lowest BCUT2D eigenvalue weighted by molar-refractivity contribution is 1.29. The maximum absolute atomic E-state index is 5.04. The van der Waals surface area contributed by atoms with Gasteiger partial charge in [0, 0.05) is 14.1 Å². The maximum Gasteiger partial charge on any atom is 0.113 e. The minimum absolute atomic E-state index is 0.915. The largest absolute Gasteiger partial charge is 0.299 e. The van der Waals surface area contributed by atoms with Crippen molar-refractivity contribution < 1.29 is 0 Å². The van der Waals surface area contributed by atoms with Crippen LogP contribution < -0.4 is 30.6 Å². The second-order valence-corrected chi connectivity index (χ2v) is 15.4. The quantitative estimate of drug-likeness (QED) is 0.223. The number of hydrogen-bond acceptors (Lipinski definition) is 2. The number of rotatable bonds is 6. The van der Waals surface area contributed by atoms with Crippen LogP contribution >= 0.6 is 14.1 Å². The molecule has 0 saturated heterocycles. The highest BCUT2D eigenvalue weighted by Crippen LogP contribution is 2.65. The highest BCUT2D eigenvalue weighted by atomic mass is 31.2. The van der Waals surface area contributed by atoms with Gasteiger partial charge in [-0.3, -0.25) is 9.34 Å². The molecular weight excluding hydrogens is 498 g/mol. The Labute approximate surface area is 226 Å². The third-order valence-electron chi connectivity index (χ3n) is 7.24. The Morgan fingerprint density at radius 1 is 0.368 bits per heavy atom. The fraction of sp³-hybridized carbons (Fsp3) is 0. The van der Waals surface area contributed by atoms with E-state index in [1.165, 1.54) is 21.2 Å². The Bertz CT molecular complexity index is 1470. The van der Waals surface area contributed by atoms with E-state index in [1.807, 2.05) is 0 Å². The van der Waals surface area contributed by atoms with Gasteiger partial charge >= 0.3 is 0 Å². The van der Waals surface area contributed by atoms with E-state index in [2.05, 4.69) is 155 Å². The molecular formula is C34H30N2P2. The van der Waals surface area contributed by atoms with Gasteiger partial charge in [0.1, 0.15) is 5.82 Å². The lowest BCUT2D eigenvalue weighted by Crippen LogP contribution is -2.36. The minimum atomic E-state index is -2.37. The van der Waals surface area contributed by atoms with E-state index in [0.29, 0.717) is 0 Å².